The van der Waals surface area contributed by atoms with E-state index in [-0.39, 0.29) is 0 Å². The number of nitrogens with zero attached hydrogens (tertiary/aromatic N) is 4. The minimum absolute atomic E-state index is 0.356. The molecule has 0 fully saturated rings. The molecule has 0 unspecified atom stereocenters. The van der Waals surface area contributed by atoms with Gasteiger partial charge in [0.05, 0.1) is 15.7 Å². The molecule has 1 heterocycles. The van der Waals surface area contributed by atoms with E-state index < -0.39 is 0 Å². The fraction of sp³-hybridized carbons (Fsp3) is 0. The Morgan fingerprint density at radius 2 is 1.81 bits per heavy atom. The third kappa shape index (κ3) is 2.50. The third-order valence-corrected chi connectivity index (χ3v) is 4.68. The van der Waals surface area contributed by atoms with Crippen LogP contribution in [0.15, 0.2) is 40.9 Å². The SMILES string of the molecule is Nc1ccccc1-c1nnnn1-c1ccc(Br)c(Cl)c1Cl. The highest BCUT2D eigenvalue weighted by atomic mass is 79.9. The second kappa shape index (κ2) is 5.63. The largest absolute Gasteiger partial charge is 0.398 e. The molecule has 2 N–H and O–H groups in total. The van der Waals surface area contributed by atoms with Crippen LogP contribution in [-0.4, -0.2) is 20.2 Å². The van der Waals surface area contributed by atoms with Gasteiger partial charge in [0.2, 0.25) is 0 Å². The van der Waals surface area contributed by atoms with Crippen molar-refractivity contribution in [3.05, 3.63) is 50.9 Å². The summed E-state index contributed by atoms with van der Waals surface area (Å²) in [6.45, 7) is 0. The summed E-state index contributed by atoms with van der Waals surface area (Å²) in [5, 5.41) is 12.5. The number of para-hydroxylation sites is 1. The Labute approximate surface area is 138 Å². The maximum Gasteiger partial charge on any atom is 0.189 e. The number of hydrogen-bond acceptors (Lipinski definition) is 4. The molecule has 0 atom stereocenters. The number of tetrazole rings is 1. The molecule has 0 bridgehead atoms. The summed E-state index contributed by atoms with van der Waals surface area (Å²) in [6.07, 6.45) is 0. The van der Waals surface area contributed by atoms with Crippen molar-refractivity contribution in [2.75, 3.05) is 5.73 Å². The van der Waals surface area contributed by atoms with Gasteiger partial charge in [-0.25, -0.2) is 0 Å². The first-order chi connectivity index (χ1) is 10.1. The third-order valence-electron chi connectivity index (χ3n) is 2.91. The van der Waals surface area contributed by atoms with Crippen LogP contribution >= 0.6 is 39.1 Å². The molecule has 0 saturated carbocycles. The molecule has 0 aliphatic heterocycles. The van der Waals surface area contributed by atoms with E-state index in [9.17, 15) is 0 Å². The van der Waals surface area contributed by atoms with E-state index >= 15 is 0 Å². The minimum Gasteiger partial charge on any atom is -0.398 e. The van der Waals surface area contributed by atoms with Crippen LogP contribution < -0.4 is 5.73 Å². The number of rotatable bonds is 2. The Morgan fingerprint density at radius 3 is 2.57 bits per heavy atom. The normalized spacial score (nSPS) is 10.8. The first-order valence-corrected chi connectivity index (χ1v) is 7.41. The zero-order valence-electron chi connectivity index (χ0n) is 10.5. The van der Waals surface area contributed by atoms with Crippen molar-refractivity contribution in [1.29, 1.82) is 0 Å². The molecule has 5 nitrogen and oxygen atoms in total. The van der Waals surface area contributed by atoms with Gasteiger partial charge in [-0.3, -0.25) is 0 Å². The molecule has 8 heteroatoms. The van der Waals surface area contributed by atoms with Crippen molar-refractivity contribution in [2.45, 2.75) is 0 Å². The second-order valence-electron chi connectivity index (χ2n) is 4.20. The molecule has 106 valence electrons. The van der Waals surface area contributed by atoms with Gasteiger partial charge in [-0.05, 0) is 50.6 Å². The van der Waals surface area contributed by atoms with Crippen LogP contribution in [0.4, 0.5) is 5.69 Å². The lowest BCUT2D eigenvalue weighted by molar-refractivity contribution is 0.791. The van der Waals surface area contributed by atoms with Crippen LogP contribution in [0.5, 0.6) is 0 Å². The molecular formula is C13H8BrCl2N5. The van der Waals surface area contributed by atoms with Gasteiger partial charge in [0.1, 0.15) is 0 Å². The van der Waals surface area contributed by atoms with E-state index in [4.69, 9.17) is 28.9 Å². The summed E-state index contributed by atoms with van der Waals surface area (Å²) in [7, 11) is 0. The maximum absolute atomic E-state index is 6.28. The average molecular weight is 385 g/mol. The van der Waals surface area contributed by atoms with Gasteiger partial charge in [0.15, 0.2) is 5.82 Å². The van der Waals surface area contributed by atoms with E-state index in [2.05, 4.69) is 31.5 Å². The first kappa shape index (κ1) is 14.3. The number of nitrogen functional groups attached to an aromatic ring is 1. The summed E-state index contributed by atoms with van der Waals surface area (Å²) in [4.78, 5) is 0. The quantitative estimate of drug-likeness (QED) is 0.535. The van der Waals surface area contributed by atoms with Crippen LogP contribution in [0.1, 0.15) is 0 Å². The van der Waals surface area contributed by atoms with E-state index in [0.717, 1.165) is 5.56 Å². The summed E-state index contributed by atoms with van der Waals surface area (Å²) < 4.78 is 2.21. The number of anilines is 1. The van der Waals surface area contributed by atoms with Crippen molar-refractivity contribution in [1.82, 2.24) is 20.2 Å². The monoisotopic (exact) mass is 383 g/mol. The highest BCUT2D eigenvalue weighted by Gasteiger charge is 2.17. The van der Waals surface area contributed by atoms with Crippen LogP contribution in [0.3, 0.4) is 0 Å². The molecule has 0 radical (unpaired) electrons. The van der Waals surface area contributed by atoms with E-state index in [0.29, 0.717) is 31.7 Å². The molecule has 3 rings (SSSR count). The predicted molar refractivity (Wildman–Crippen MR) is 86.7 cm³/mol. The van der Waals surface area contributed by atoms with Crippen LogP contribution in [0.2, 0.25) is 10.0 Å². The molecule has 2 aromatic carbocycles. The molecule has 0 amide bonds. The molecule has 3 aromatic rings. The van der Waals surface area contributed by atoms with E-state index in [1.54, 1.807) is 18.2 Å². The molecule has 0 aliphatic rings. The van der Waals surface area contributed by atoms with Crippen molar-refractivity contribution in [3.8, 4) is 17.1 Å². The summed E-state index contributed by atoms with van der Waals surface area (Å²) >= 11 is 15.7. The predicted octanol–water partition coefficient (Wildman–Crippen LogP) is 3.98. The van der Waals surface area contributed by atoms with Crippen molar-refractivity contribution in [2.24, 2.45) is 0 Å². The Morgan fingerprint density at radius 1 is 1.05 bits per heavy atom. The van der Waals surface area contributed by atoms with Gasteiger partial charge in [0, 0.05) is 15.7 Å². The van der Waals surface area contributed by atoms with Gasteiger partial charge in [-0.15, -0.1) is 5.10 Å². The van der Waals surface area contributed by atoms with Gasteiger partial charge in [-0.1, -0.05) is 35.3 Å². The minimum atomic E-state index is 0.356. The number of aromatic nitrogens is 4. The number of hydrogen-bond donors (Lipinski definition) is 1. The summed E-state index contributed by atoms with van der Waals surface area (Å²) in [5.41, 5.74) is 7.85. The van der Waals surface area contributed by atoms with Crippen molar-refractivity contribution in [3.63, 3.8) is 0 Å². The van der Waals surface area contributed by atoms with Crippen LogP contribution in [0, 0.1) is 0 Å². The Kier molecular flexibility index (Phi) is 3.84. The van der Waals surface area contributed by atoms with Crippen LogP contribution in [-0.2, 0) is 0 Å². The van der Waals surface area contributed by atoms with E-state index in [1.165, 1.54) is 4.68 Å². The Hall–Kier alpha value is -1.63. The number of halogens is 3. The van der Waals surface area contributed by atoms with Gasteiger partial charge < -0.3 is 5.73 Å². The molecule has 0 aliphatic carbocycles. The molecular weight excluding hydrogens is 377 g/mol. The highest BCUT2D eigenvalue weighted by molar-refractivity contribution is 9.10. The fourth-order valence-corrected chi connectivity index (χ4v) is 2.75. The lowest BCUT2D eigenvalue weighted by Crippen LogP contribution is -2.02. The molecule has 0 saturated heterocycles. The Balaban J connectivity index is 2.21. The van der Waals surface area contributed by atoms with Gasteiger partial charge in [-0.2, -0.15) is 4.68 Å². The zero-order chi connectivity index (χ0) is 15.0. The fourth-order valence-electron chi connectivity index (χ4n) is 1.90. The maximum atomic E-state index is 6.28. The Bertz CT molecular complexity index is 818. The summed E-state index contributed by atoms with van der Waals surface area (Å²) in [5.74, 6) is 0.494. The van der Waals surface area contributed by atoms with Crippen molar-refractivity contribution < 1.29 is 0 Å². The van der Waals surface area contributed by atoms with Crippen LogP contribution in [0.25, 0.3) is 17.1 Å². The first-order valence-electron chi connectivity index (χ1n) is 5.86. The lowest BCUT2D eigenvalue weighted by atomic mass is 10.1. The summed E-state index contributed by atoms with van der Waals surface area (Å²) in [6, 6.07) is 10.9. The smallest absolute Gasteiger partial charge is 0.189 e. The standard InChI is InChI=1S/C13H8BrCl2N5/c14-8-5-6-10(12(16)11(8)15)21-13(18-19-20-21)7-3-1-2-4-9(7)17/h1-6H,17H2. The second-order valence-corrected chi connectivity index (χ2v) is 5.81. The topological polar surface area (TPSA) is 69.6 Å². The van der Waals surface area contributed by atoms with E-state index in [1.807, 2.05) is 18.2 Å². The lowest BCUT2D eigenvalue weighted by Gasteiger charge is -2.10. The van der Waals surface area contributed by atoms with Gasteiger partial charge in [0.25, 0.3) is 0 Å². The molecule has 1 aromatic heterocycles. The van der Waals surface area contributed by atoms with Gasteiger partial charge >= 0.3 is 0 Å². The van der Waals surface area contributed by atoms with Crippen molar-refractivity contribution >= 4 is 44.8 Å². The molecule has 21 heavy (non-hydrogen) atoms. The number of nitrogens with two attached hydrogens (primary N) is 1. The average Bonchev–Trinajstić information content (AvgIpc) is 2.94. The zero-order valence-corrected chi connectivity index (χ0v) is 13.6. The molecule has 0 spiro atoms. The number of benzene rings is 2. The highest BCUT2D eigenvalue weighted by Crippen LogP contribution is 2.36.